The average molecular weight is 1210 g/mol. The maximum absolute atomic E-state index is 11.0. The highest BCUT2D eigenvalue weighted by Gasteiger charge is 2.16. The second-order valence-corrected chi connectivity index (χ2v) is 19.3. The molecule has 0 saturated heterocycles. The first-order valence-corrected chi connectivity index (χ1v) is 26.5. The van der Waals surface area contributed by atoms with Crippen LogP contribution in [0.25, 0.3) is 0 Å². The third kappa shape index (κ3) is 72.9. The number of amides is 6. The summed E-state index contributed by atoms with van der Waals surface area (Å²) >= 11 is 0. The number of ether oxygens (including phenoxy) is 5. The molecule has 4 unspecified atom stereocenters. The number of carbonyl (C=O) groups excluding carboxylic acids is 7. The Morgan fingerprint density at radius 2 is 0.598 bits per heavy atom. The fraction of sp³-hybridized carbons (Fsp3) is 0.860. The molecule has 492 valence electrons. The second kappa shape index (κ2) is 60.5. The lowest BCUT2D eigenvalue weighted by atomic mass is 10.0. The molecule has 32 nitrogen and oxygen atoms in total. The number of hydrogen-bond acceptors (Lipinski definition) is 26. The van der Waals surface area contributed by atoms with Gasteiger partial charge in [-0.15, -0.1) is 0 Å². The largest absolute Gasteiger partial charge is 0.447 e. The molecule has 4 atom stereocenters. The molecule has 0 aliphatic heterocycles. The third-order valence-electron chi connectivity index (χ3n) is 8.14. The topological polar surface area (TPSA) is 521 Å². The van der Waals surface area contributed by atoms with Gasteiger partial charge in [0.2, 0.25) is 5.91 Å². The van der Waals surface area contributed by atoms with Crippen molar-refractivity contribution in [3.8, 4) is 0 Å². The Kier molecular flexibility index (Phi) is 66.9. The molecule has 0 aromatic heterocycles. The molecule has 0 fully saturated rings. The summed E-state index contributed by atoms with van der Waals surface area (Å²) in [6.07, 6.45) is -8.39. The molecule has 20 N–H and O–H groups in total. The van der Waals surface area contributed by atoms with E-state index in [1.165, 1.54) is 0 Å². The molecule has 0 rings (SSSR count). The predicted molar refractivity (Wildman–Crippen MR) is 297 cm³/mol. The van der Waals surface area contributed by atoms with E-state index < -0.39 is 86.4 Å². The van der Waals surface area contributed by atoms with Crippen molar-refractivity contribution in [3.63, 3.8) is 0 Å². The fourth-order valence-corrected chi connectivity index (χ4v) is 3.84. The van der Waals surface area contributed by atoms with Crippen molar-refractivity contribution in [2.45, 2.75) is 183 Å². The number of rotatable bonds is 29. The number of aliphatic hydroxyl groups excluding tert-OH is 14. The first-order chi connectivity index (χ1) is 38.1. The molecule has 0 saturated carbocycles. The molecule has 0 spiro atoms. The van der Waals surface area contributed by atoms with Crippen molar-refractivity contribution >= 4 is 42.2 Å². The second-order valence-electron chi connectivity index (χ2n) is 19.3. The molecule has 0 radical (unpaired) electrons. The summed E-state index contributed by atoms with van der Waals surface area (Å²) in [6, 6.07) is -0.0471. The maximum Gasteiger partial charge on any atom is 0.407 e. The van der Waals surface area contributed by atoms with E-state index in [2.05, 4.69) is 55.6 Å². The van der Waals surface area contributed by atoms with Crippen LogP contribution in [0.4, 0.5) is 24.0 Å². The van der Waals surface area contributed by atoms with Gasteiger partial charge in [0, 0.05) is 55.0 Å². The Morgan fingerprint density at radius 3 is 0.805 bits per heavy atom. The summed E-state index contributed by atoms with van der Waals surface area (Å²) in [5.41, 5.74) is 0. The lowest BCUT2D eigenvalue weighted by Gasteiger charge is -2.14. The van der Waals surface area contributed by atoms with Crippen LogP contribution in [0.1, 0.15) is 110 Å². The lowest BCUT2D eigenvalue weighted by Crippen LogP contribution is -2.36. The number of ketones is 1. The number of Topliss-reactive ketones (excluding diaryl/α,β-unsaturated/α-hetero) is 1. The van der Waals surface area contributed by atoms with Gasteiger partial charge in [0.05, 0.1) is 78.3 Å². The van der Waals surface area contributed by atoms with Gasteiger partial charge < -0.3 is 127 Å². The number of nitrogens with one attached hydrogen (secondary N) is 6. The standard InChI is InChI=1S/C8H16O3.5C7H15NO4.C7H15NO3/c1-6(2)8(11)4-3-7(10)5-9;2*1-5(2)8-7(11)12-4-6(10)3-9;3*1-5(2)8-7(11)12-6(3-9)4-10;1-5(2)7(11)8-3-6(10)4-9/h6-7,9-10H,3-5H2,1-2H3;5*5-6,9-10H,3-4H2,1-2H3,(H,8,11);5-6,9-10H,3-4H2,1-2H3,(H,8,11). The summed E-state index contributed by atoms with van der Waals surface area (Å²) in [4.78, 5) is 75.8. The van der Waals surface area contributed by atoms with E-state index in [4.69, 9.17) is 71.5 Å². The van der Waals surface area contributed by atoms with Gasteiger partial charge in [-0.05, 0) is 75.7 Å². The van der Waals surface area contributed by atoms with E-state index in [1.54, 1.807) is 83.1 Å². The van der Waals surface area contributed by atoms with Crippen molar-refractivity contribution in [1.29, 1.82) is 0 Å². The summed E-state index contributed by atoms with van der Waals surface area (Å²) in [7, 11) is 0. The molecule has 0 heterocycles. The van der Waals surface area contributed by atoms with Crippen molar-refractivity contribution in [2.75, 3.05) is 85.8 Å². The van der Waals surface area contributed by atoms with E-state index in [1.807, 2.05) is 13.8 Å². The minimum Gasteiger partial charge on any atom is -0.447 e. The minimum absolute atomic E-state index is 0.00349. The molecule has 32 heteroatoms. The molecule has 0 aromatic rings. The Morgan fingerprint density at radius 1 is 0.341 bits per heavy atom. The van der Waals surface area contributed by atoms with Crippen LogP contribution >= 0.6 is 0 Å². The van der Waals surface area contributed by atoms with Crippen LogP contribution in [0.3, 0.4) is 0 Å². The monoisotopic (exact) mass is 1210 g/mol. The lowest BCUT2D eigenvalue weighted by molar-refractivity contribution is -0.124. The minimum atomic E-state index is -0.997. The van der Waals surface area contributed by atoms with Gasteiger partial charge in [0.15, 0.2) is 0 Å². The summed E-state index contributed by atoms with van der Waals surface area (Å²) in [5, 5.41) is 135. The van der Waals surface area contributed by atoms with Crippen LogP contribution in [0.15, 0.2) is 0 Å². The van der Waals surface area contributed by atoms with E-state index in [-0.39, 0.29) is 126 Å². The molecule has 0 aliphatic carbocycles. The number of aliphatic hydroxyl groups is 14. The summed E-state index contributed by atoms with van der Waals surface area (Å²) in [6.45, 7) is 21.2. The maximum atomic E-state index is 11.0. The van der Waals surface area contributed by atoms with Gasteiger partial charge in [-0.2, -0.15) is 0 Å². The molecular formula is C50H106N6O26. The molecule has 6 amide bonds. The van der Waals surface area contributed by atoms with Crippen molar-refractivity contribution < 1.29 is 129 Å². The molecule has 82 heavy (non-hydrogen) atoms. The highest BCUT2D eigenvalue weighted by Crippen LogP contribution is 2.04. The van der Waals surface area contributed by atoms with E-state index >= 15 is 0 Å². The highest BCUT2D eigenvalue weighted by atomic mass is 16.6. The van der Waals surface area contributed by atoms with E-state index in [0.717, 1.165) is 0 Å². The fourth-order valence-electron chi connectivity index (χ4n) is 3.84. The average Bonchev–Trinajstić information content (AvgIpc) is 3.39. The Hall–Kier alpha value is -5.07. The predicted octanol–water partition coefficient (Wildman–Crippen LogP) is -3.17. The normalized spacial score (nSPS) is 11.9. The van der Waals surface area contributed by atoms with Gasteiger partial charge >= 0.3 is 30.5 Å². The SMILES string of the molecule is CC(C)C(=O)CCC(O)CO.CC(C)C(=O)NCC(O)CO.CC(C)NC(=O)OC(CO)CO.CC(C)NC(=O)OC(CO)CO.CC(C)NC(=O)OC(CO)CO.CC(C)NC(=O)OCC(O)CO.CC(C)NC(=O)OCC(O)CO. The molecule has 0 bridgehead atoms. The van der Waals surface area contributed by atoms with Gasteiger partial charge in [-0.25, -0.2) is 24.0 Å². The van der Waals surface area contributed by atoms with Crippen molar-refractivity contribution in [1.82, 2.24) is 31.9 Å². The zero-order chi connectivity index (χ0) is 65.5. The first-order valence-electron chi connectivity index (χ1n) is 26.5. The smallest absolute Gasteiger partial charge is 0.407 e. The van der Waals surface area contributed by atoms with Crippen LogP contribution in [0.2, 0.25) is 0 Å². The van der Waals surface area contributed by atoms with Gasteiger partial charge in [0.25, 0.3) is 0 Å². The number of alkyl carbamates (subject to hydrolysis) is 5. The van der Waals surface area contributed by atoms with E-state index in [0.29, 0.717) is 12.8 Å². The van der Waals surface area contributed by atoms with Crippen LogP contribution in [0, 0.1) is 11.8 Å². The third-order valence-corrected chi connectivity index (χ3v) is 8.14. The van der Waals surface area contributed by atoms with Crippen molar-refractivity contribution in [3.05, 3.63) is 0 Å². The van der Waals surface area contributed by atoms with Gasteiger partial charge in [-0.3, -0.25) is 9.59 Å². The van der Waals surface area contributed by atoms with E-state index in [9.17, 15) is 33.6 Å². The molecule has 0 aromatic carbocycles. The Labute approximate surface area is 482 Å². The summed E-state index contributed by atoms with van der Waals surface area (Å²) < 4.78 is 22.9. The first kappa shape index (κ1) is 90.7. The summed E-state index contributed by atoms with van der Waals surface area (Å²) in [5.74, 6) is -0.0308. The molecule has 0 aliphatic rings. The van der Waals surface area contributed by atoms with Gasteiger partial charge in [0.1, 0.15) is 49.5 Å². The van der Waals surface area contributed by atoms with Crippen LogP contribution < -0.4 is 31.9 Å². The van der Waals surface area contributed by atoms with Crippen LogP contribution in [-0.2, 0) is 33.3 Å². The quantitative estimate of drug-likeness (QED) is 0.0329. The molecular weight excluding hydrogens is 1100 g/mol. The zero-order valence-electron chi connectivity index (χ0n) is 50.3. The number of carbonyl (C=O) groups is 7. The van der Waals surface area contributed by atoms with Crippen LogP contribution in [-0.4, -0.2) is 272 Å². The highest BCUT2D eigenvalue weighted by molar-refractivity contribution is 5.80. The Bertz CT molecular complexity index is 1400. The van der Waals surface area contributed by atoms with Gasteiger partial charge in [-0.1, -0.05) is 27.7 Å². The van der Waals surface area contributed by atoms with Crippen LogP contribution in [0.5, 0.6) is 0 Å². The Balaban J connectivity index is -0.000000160. The number of hydrogen-bond donors (Lipinski definition) is 20. The zero-order valence-corrected chi connectivity index (χ0v) is 50.3. The van der Waals surface area contributed by atoms with Crippen molar-refractivity contribution in [2.24, 2.45) is 11.8 Å².